The van der Waals surface area contributed by atoms with Crippen molar-refractivity contribution < 1.29 is 9.59 Å². The predicted octanol–water partition coefficient (Wildman–Crippen LogP) is 6.15. The summed E-state index contributed by atoms with van der Waals surface area (Å²) in [7, 11) is 3.58. The minimum Gasteiger partial charge on any atom is -0.355 e. The molecule has 1 aliphatic rings. The highest BCUT2D eigenvalue weighted by atomic mass is 35.5. The molecule has 2 amide bonds. The van der Waals surface area contributed by atoms with E-state index in [9.17, 15) is 14.4 Å². The summed E-state index contributed by atoms with van der Waals surface area (Å²) >= 11 is 12.3. The Hall–Kier alpha value is -4.60. The number of nitrogens with zero attached hydrogens (tertiary/aromatic N) is 4. The van der Waals surface area contributed by atoms with Crippen LogP contribution in [0.4, 0.5) is 5.95 Å². The van der Waals surface area contributed by atoms with Crippen molar-refractivity contribution in [2.45, 2.75) is 38.9 Å². The summed E-state index contributed by atoms with van der Waals surface area (Å²) in [4.78, 5) is 46.7. The molecule has 230 valence electrons. The van der Waals surface area contributed by atoms with Gasteiger partial charge in [-0.2, -0.15) is 0 Å². The molecule has 6 rings (SSSR count). The third-order valence-corrected chi connectivity index (χ3v) is 9.15. The molecule has 45 heavy (non-hydrogen) atoms. The van der Waals surface area contributed by atoms with Crippen LogP contribution in [0.25, 0.3) is 16.6 Å². The zero-order chi connectivity index (χ0) is 32.0. The zero-order valence-electron chi connectivity index (χ0n) is 25.3. The molecule has 0 fully saturated rings. The molecule has 0 radical (unpaired) electrons. The van der Waals surface area contributed by atoms with Crippen LogP contribution in [0.5, 0.6) is 0 Å². The fourth-order valence-corrected chi connectivity index (χ4v) is 6.11. The number of rotatable bonds is 6. The number of nitrogens with one attached hydrogen (secondary N) is 2. The maximum absolute atomic E-state index is 14.2. The highest BCUT2D eigenvalue weighted by molar-refractivity contribution is 6.42. The lowest BCUT2D eigenvalue weighted by atomic mass is 9.98. The Balaban J connectivity index is 1.41. The Morgan fingerprint density at radius 3 is 2.42 bits per heavy atom. The Bertz CT molecular complexity index is 2020. The summed E-state index contributed by atoms with van der Waals surface area (Å²) in [6.07, 6.45) is 2.34. The van der Waals surface area contributed by atoms with E-state index in [1.807, 2.05) is 27.1 Å². The van der Waals surface area contributed by atoms with Gasteiger partial charge in [0.15, 0.2) is 0 Å². The maximum Gasteiger partial charge on any atom is 0.263 e. The lowest BCUT2D eigenvalue weighted by Crippen LogP contribution is -2.46. The maximum atomic E-state index is 14.2. The van der Waals surface area contributed by atoms with Crippen molar-refractivity contribution >= 4 is 51.9 Å². The summed E-state index contributed by atoms with van der Waals surface area (Å²) in [5.74, 6) is -0.105. The van der Waals surface area contributed by atoms with Crippen LogP contribution in [-0.2, 0) is 20.0 Å². The lowest BCUT2D eigenvalue weighted by Gasteiger charge is -2.35. The number of anilines is 1. The summed E-state index contributed by atoms with van der Waals surface area (Å²) in [6, 6.07) is 19.4. The van der Waals surface area contributed by atoms with Crippen molar-refractivity contribution in [3.63, 3.8) is 0 Å². The summed E-state index contributed by atoms with van der Waals surface area (Å²) in [5.41, 5.74) is 4.43. The van der Waals surface area contributed by atoms with Gasteiger partial charge in [-0.1, -0.05) is 29.3 Å². The second-order valence-corrected chi connectivity index (χ2v) is 12.2. The smallest absolute Gasteiger partial charge is 0.263 e. The number of benzene rings is 3. The van der Waals surface area contributed by atoms with E-state index in [4.69, 9.17) is 28.2 Å². The monoisotopic (exact) mass is 642 g/mol. The Labute approximate surface area is 270 Å². The standard InChI is InChI=1S/C34H32Cl2N6O3/c1-19-15-26-29(18-41(19)32(44)24-7-11-27(35)28(36)17-24)39-34(38-20(2)22-8-12-30-23(16-22)13-14-40(30)4)42(33(26)45)25-9-5-21(6-10-25)31(43)37-3/h5-14,16-17,19-20H,15,18H2,1-4H3,(H,37,43)(H,38,39)/t19-,20?/m1/s1. The first-order chi connectivity index (χ1) is 21.5. The van der Waals surface area contributed by atoms with Crippen LogP contribution in [0.1, 0.15) is 57.4 Å². The van der Waals surface area contributed by atoms with Crippen LogP contribution in [0.2, 0.25) is 10.0 Å². The molecule has 3 heterocycles. The normalized spacial score (nSPS) is 15.1. The van der Waals surface area contributed by atoms with Gasteiger partial charge in [0.25, 0.3) is 17.4 Å². The van der Waals surface area contributed by atoms with Gasteiger partial charge in [-0.25, -0.2) is 9.55 Å². The molecule has 11 heteroatoms. The second-order valence-electron chi connectivity index (χ2n) is 11.4. The predicted molar refractivity (Wildman–Crippen MR) is 178 cm³/mol. The van der Waals surface area contributed by atoms with Crippen molar-refractivity contribution in [3.8, 4) is 5.69 Å². The number of hydrogen-bond acceptors (Lipinski definition) is 5. The fourth-order valence-electron chi connectivity index (χ4n) is 5.81. The van der Waals surface area contributed by atoms with E-state index in [-0.39, 0.29) is 36.0 Å². The van der Waals surface area contributed by atoms with Crippen molar-refractivity contribution in [2.24, 2.45) is 7.05 Å². The van der Waals surface area contributed by atoms with Gasteiger partial charge >= 0.3 is 0 Å². The van der Waals surface area contributed by atoms with E-state index in [1.54, 1.807) is 59.0 Å². The van der Waals surface area contributed by atoms with Gasteiger partial charge in [0.2, 0.25) is 5.95 Å². The highest BCUT2D eigenvalue weighted by Gasteiger charge is 2.32. The molecule has 9 nitrogen and oxygen atoms in total. The van der Waals surface area contributed by atoms with E-state index in [0.29, 0.717) is 50.5 Å². The summed E-state index contributed by atoms with van der Waals surface area (Å²) < 4.78 is 3.61. The van der Waals surface area contributed by atoms with Gasteiger partial charge < -0.3 is 20.1 Å². The summed E-state index contributed by atoms with van der Waals surface area (Å²) in [5, 5.41) is 7.86. The minimum absolute atomic E-state index is 0.153. The van der Waals surface area contributed by atoms with Gasteiger partial charge in [0, 0.05) is 48.5 Å². The van der Waals surface area contributed by atoms with Crippen LogP contribution in [0.15, 0.2) is 77.7 Å². The molecule has 0 aliphatic carbocycles. The molecule has 1 unspecified atom stereocenters. The number of carbonyl (C=O) groups is 2. The quantitative estimate of drug-likeness (QED) is 0.231. The molecular weight excluding hydrogens is 611 g/mol. The SMILES string of the molecule is CNC(=O)c1ccc(-n2c(NC(C)c3ccc4c(ccn4C)c3)nc3c(c2=O)C[C@@H](C)N(C(=O)c2ccc(Cl)c(Cl)c2)C3)cc1. The van der Waals surface area contributed by atoms with Gasteiger partial charge in [0.1, 0.15) is 0 Å². The van der Waals surface area contributed by atoms with Gasteiger partial charge in [-0.15, -0.1) is 0 Å². The number of aryl methyl sites for hydroxylation is 1. The molecule has 0 spiro atoms. The largest absolute Gasteiger partial charge is 0.355 e. The molecule has 2 atom stereocenters. The molecule has 5 aromatic rings. The number of fused-ring (bicyclic) bond motifs is 2. The first-order valence-electron chi connectivity index (χ1n) is 14.6. The molecule has 0 saturated carbocycles. The molecule has 2 N–H and O–H groups in total. The van der Waals surface area contributed by atoms with E-state index < -0.39 is 0 Å². The zero-order valence-corrected chi connectivity index (χ0v) is 26.8. The van der Waals surface area contributed by atoms with Crippen LogP contribution in [0, 0.1) is 0 Å². The lowest BCUT2D eigenvalue weighted by molar-refractivity contribution is 0.0653. The topological polar surface area (TPSA) is 101 Å². The van der Waals surface area contributed by atoms with Gasteiger partial charge in [0.05, 0.1) is 34.0 Å². The molecular formula is C34H32Cl2N6O3. The summed E-state index contributed by atoms with van der Waals surface area (Å²) in [6.45, 7) is 4.07. The third-order valence-electron chi connectivity index (χ3n) is 8.41. The van der Waals surface area contributed by atoms with E-state index in [2.05, 4.69) is 39.5 Å². The van der Waals surface area contributed by atoms with Gasteiger partial charge in [-0.3, -0.25) is 14.4 Å². The minimum atomic E-state index is -0.270. The third kappa shape index (κ3) is 5.69. The number of halogens is 2. The fraction of sp³-hybridized carbons (Fsp3) is 0.235. The van der Waals surface area contributed by atoms with E-state index in [1.165, 1.54) is 0 Å². The second kappa shape index (κ2) is 12.1. The van der Waals surface area contributed by atoms with Gasteiger partial charge in [-0.05, 0) is 91.9 Å². The number of aromatic nitrogens is 3. The average molecular weight is 644 g/mol. The molecule has 1 aliphatic heterocycles. The molecule has 0 bridgehead atoms. The Morgan fingerprint density at radius 1 is 0.978 bits per heavy atom. The van der Waals surface area contributed by atoms with Crippen LogP contribution in [-0.4, -0.2) is 43.9 Å². The number of hydrogen-bond donors (Lipinski definition) is 2. The first-order valence-corrected chi connectivity index (χ1v) is 15.4. The highest BCUT2D eigenvalue weighted by Crippen LogP contribution is 2.29. The Morgan fingerprint density at radius 2 is 1.71 bits per heavy atom. The molecule has 2 aromatic heterocycles. The number of carbonyl (C=O) groups excluding carboxylic acids is 2. The Kier molecular flexibility index (Phi) is 8.16. The van der Waals surface area contributed by atoms with Crippen molar-refractivity contribution in [3.05, 3.63) is 121 Å². The van der Waals surface area contributed by atoms with Crippen LogP contribution >= 0.6 is 23.2 Å². The van der Waals surface area contributed by atoms with E-state index in [0.717, 1.165) is 16.5 Å². The van der Waals surface area contributed by atoms with Crippen LogP contribution < -0.4 is 16.2 Å². The van der Waals surface area contributed by atoms with Crippen molar-refractivity contribution in [1.82, 2.24) is 24.3 Å². The molecule has 0 saturated heterocycles. The molecule has 3 aromatic carbocycles. The first kappa shape index (κ1) is 30.4. The van der Waals surface area contributed by atoms with Crippen molar-refractivity contribution in [1.29, 1.82) is 0 Å². The van der Waals surface area contributed by atoms with E-state index >= 15 is 0 Å². The number of amides is 2. The van der Waals surface area contributed by atoms with Crippen molar-refractivity contribution in [2.75, 3.05) is 12.4 Å². The average Bonchev–Trinajstić information content (AvgIpc) is 3.41. The van der Waals surface area contributed by atoms with Crippen LogP contribution in [0.3, 0.4) is 0 Å².